The van der Waals surface area contributed by atoms with Gasteiger partial charge in [0, 0.05) is 57.1 Å². The Kier molecular flexibility index (Phi) is 7.77. The van der Waals surface area contributed by atoms with Crippen molar-refractivity contribution in [2.24, 2.45) is 5.92 Å². The van der Waals surface area contributed by atoms with Gasteiger partial charge in [0.2, 0.25) is 5.91 Å². The average Bonchev–Trinajstić information content (AvgIpc) is 3.68. The van der Waals surface area contributed by atoms with Gasteiger partial charge in [0.25, 0.3) is 11.8 Å². The van der Waals surface area contributed by atoms with E-state index in [2.05, 4.69) is 10.2 Å². The second-order valence-corrected chi connectivity index (χ2v) is 10.1. The van der Waals surface area contributed by atoms with Gasteiger partial charge in [-0.1, -0.05) is 43.2 Å². The monoisotopic (exact) mass is 514 g/mol. The first-order chi connectivity index (χ1) is 18.5. The van der Waals surface area contributed by atoms with Crippen LogP contribution in [0.2, 0.25) is 0 Å². The van der Waals surface area contributed by atoms with Crippen molar-refractivity contribution in [1.82, 2.24) is 9.80 Å². The molecule has 5 rings (SSSR count). The number of carbonyl (C=O) groups is 3. The van der Waals surface area contributed by atoms with Crippen LogP contribution in [0.5, 0.6) is 0 Å². The van der Waals surface area contributed by atoms with E-state index in [0.29, 0.717) is 44.0 Å². The van der Waals surface area contributed by atoms with E-state index >= 15 is 0 Å². The zero-order valence-electron chi connectivity index (χ0n) is 21.8. The molecule has 8 heteroatoms. The number of hydrogen-bond donors (Lipinski definition) is 1. The van der Waals surface area contributed by atoms with Crippen molar-refractivity contribution in [3.63, 3.8) is 0 Å². The molecule has 0 spiro atoms. The Hall–Kier alpha value is -4.07. The molecule has 2 aromatic carbocycles. The van der Waals surface area contributed by atoms with Crippen LogP contribution in [0.25, 0.3) is 0 Å². The van der Waals surface area contributed by atoms with Crippen molar-refractivity contribution >= 4 is 29.1 Å². The van der Waals surface area contributed by atoms with Crippen molar-refractivity contribution in [2.45, 2.75) is 32.2 Å². The highest BCUT2D eigenvalue weighted by atomic mass is 16.3. The van der Waals surface area contributed by atoms with Crippen LogP contribution in [0.1, 0.15) is 52.2 Å². The zero-order chi connectivity index (χ0) is 26.5. The SMILES string of the molecule is CN(Cc1ccccc1)C(=O)c1cc(NC(=O)c2ccco2)ccc1N1CCN(C(=O)C2CCCC2)CC1. The van der Waals surface area contributed by atoms with Crippen LogP contribution in [-0.4, -0.2) is 60.7 Å². The molecule has 1 aliphatic heterocycles. The number of anilines is 2. The molecule has 198 valence electrons. The predicted octanol–water partition coefficient (Wildman–Crippen LogP) is 4.64. The lowest BCUT2D eigenvalue weighted by atomic mass is 10.1. The van der Waals surface area contributed by atoms with E-state index in [0.717, 1.165) is 36.9 Å². The molecule has 1 aromatic heterocycles. The highest BCUT2D eigenvalue weighted by Gasteiger charge is 2.30. The van der Waals surface area contributed by atoms with Crippen molar-refractivity contribution in [2.75, 3.05) is 43.4 Å². The molecule has 0 bridgehead atoms. The topological polar surface area (TPSA) is 86.1 Å². The molecule has 0 radical (unpaired) electrons. The van der Waals surface area contributed by atoms with Crippen LogP contribution in [-0.2, 0) is 11.3 Å². The summed E-state index contributed by atoms with van der Waals surface area (Å²) < 4.78 is 5.21. The normalized spacial score (nSPS) is 15.9. The van der Waals surface area contributed by atoms with E-state index in [4.69, 9.17) is 4.42 Å². The van der Waals surface area contributed by atoms with Crippen molar-refractivity contribution in [3.05, 3.63) is 83.8 Å². The fraction of sp³-hybridized carbons (Fsp3) is 0.367. The van der Waals surface area contributed by atoms with E-state index < -0.39 is 0 Å². The quantitative estimate of drug-likeness (QED) is 0.496. The Bertz CT molecular complexity index is 1260. The lowest BCUT2D eigenvalue weighted by Gasteiger charge is -2.38. The Balaban J connectivity index is 1.35. The van der Waals surface area contributed by atoms with E-state index in [-0.39, 0.29) is 29.4 Å². The first-order valence-corrected chi connectivity index (χ1v) is 13.3. The minimum Gasteiger partial charge on any atom is -0.459 e. The van der Waals surface area contributed by atoms with Gasteiger partial charge < -0.3 is 24.4 Å². The van der Waals surface area contributed by atoms with Crippen LogP contribution in [0, 0.1) is 5.92 Å². The Labute approximate surface area is 223 Å². The standard InChI is InChI=1S/C30H34N4O4/c1-32(21-22-8-3-2-4-9-22)30(37)25-20-24(31-28(35)27-12-7-19-38-27)13-14-26(25)33-15-17-34(18-16-33)29(36)23-10-5-6-11-23/h2-4,7-9,12-14,19-20,23H,5-6,10-11,15-18,21H2,1H3,(H,31,35). The second-order valence-electron chi connectivity index (χ2n) is 10.1. The van der Waals surface area contributed by atoms with Crippen molar-refractivity contribution < 1.29 is 18.8 Å². The van der Waals surface area contributed by atoms with Crippen molar-refractivity contribution in [3.8, 4) is 0 Å². The molecule has 1 N–H and O–H groups in total. The number of rotatable bonds is 7. The second kappa shape index (κ2) is 11.5. The van der Waals surface area contributed by atoms with Crippen LogP contribution in [0.4, 0.5) is 11.4 Å². The molecule has 3 amide bonds. The summed E-state index contributed by atoms with van der Waals surface area (Å²) in [6.45, 7) is 3.05. The van der Waals surface area contributed by atoms with Gasteiger partial charge in [0.05, 0.1) is 11.8 Å². The highest BCUT2D eigenvalue weighted by Crippen LogP contribution is 2.30. The smallest absolute Gasteiger partial charge is 0.291 e. The van der Waals surface area contributed by atoms with Gasteiger partial charge in [0.15, 0.2) is 5.76 Å². The molecule has 8 nitrogen and oxygen atoms in total. The van der Waals surface area contributed by atoms with Gasteiger partial charge in [-0.15, -0.1) is 0 Å². The van der Waals surface area contributed by atoms with E-state index in [1.807, 2.05) is 41.3 Å². The summed E-state index contributed by atoms with van der Waals surface area (Å²) in [6, 6.07) is 18.5. The molecule has 0 atom stereocenters. The summed E-state index contributed by atoms with van der Waals surface area (Å²) >= 11 is 0. The zero-order valence-corrected chi connectivity index (χ0v) is 21.8. The summed E-state index contributed by atoms with van der Waals surface area (Å²) in [4.78, 5) is 45.1. The summed E-state index contributed by atoms with van der Waals surface area (Å²) in [5, 5.41) is 2.84. The van der Waals surface area contributed by atoms with Crippen LogP contribution in [0.3, 0.4) is 0 Å². The van der Waals surface area contributed by atoms with Gasteiger partial charge in [-0.25, -0.2) is 0 Å². The van der Waals surface area contributed by atoms with Gasteiger partial charge in [-0.2, -0.15) is 0 Å². The highest BCUT2D eigenvalue weighted by molar-refractivity contribution is 6.05. The van der Waals surface area contributed by atoms with Crippen LogP contribution in [0.15, 0.2) is 71.3 Å². The molecule has 0 unspecified atom stereocenters. The number of nitrogens with zero attached hydrogens (tertiary/aromatic N) is 3. The summed E-state index contributed by atoms with van der Waals surface area (Å²) in [6.07, 6.45) is 5.72. The van der Waals surface area contributed by atoms with Gasteiger partial charge >= 0.3 is 0 Å². The van der Waals surface area contributed by atoms with E-state index in [1.54, 1.807) is 36.2 Å². The lowest BCUT2D eigenvalue weighted by molar-refractivity contribution is -0.135. The van der Waals surface area contributed by atoms with E-state index in [9.17, 15) is 14.4 Å². The molecule has 2 aliphatic rings. The molecule has 3 aromatic rings. The Morgan fingerprint density at radius 3 is 2.37 bits per heavy atom. The minimum absolute atomic E-state index is 0.137. The molecule has 1 saturated heterocycles. The number of furan rings is 1. The molecular weight excluding hydrogens is 480 g/mol. The minimum atomic E-state index is -0.377. The van der Waals surface area contributed by atoms with Gasteiger partial charge in [-0.3, -0.25) is 14.4 Å². The number of carbonyl (C=O) groups excluding carboxylic acids is 3. The molecule has 38 heavy (non-hydrogen) atoms. The summed E-state index contributed by atoms with van der Waals surface area (Å²) in [5.41, 5.74) is 2.86. The predicted molar refractivity (Wildman–Crippen MR) is 146 cm³/mol. The molecule has 1 saturated carbocycles. The molecule has 1 aliphatic carbocycles. The molecular formula is C30H34N4O4. The Morgan fingerprint density at radius 2 is 1.68 bits per heavy atom. The van der Waals surface area contributed by atoms with Crippen molar-refractivity contribution in [1.29, 1.82) is 0 Å². The van der Waals surface area contributed by atoms with Gasteiger partial charge in [-0.05, 0) is 48.7 Å². The first kappa shape index (κ1) is 25.6. The van der Waals surface area contributed by atoms with Gasteiger partial charge in [0.1, 0.15) is 0 Å². The fourth-order valence-corrected chi connectivity index (χ4v) is 5.39. The van der Waals surface area contributed by atoms with Crippen LogP contribution < -0.4 is 10.2 Å². The maximum Gasteiger partial charge on any atom is 0.291 e. The third-order valence-electron chi connectivity index (χ3n) is 7.48. The number of hydrogen-bond acceptors (Lipinski definition) is 5. The maximum atomic E-state index is 13.7. The number of piperazine rings is 1. The first-order valence-electron chi connectivity index (χ1n) is 13.3. The Morgan fingerprint density at radius 1 is 0.947 bits per heavy atom. The maximum absolute atomic E-state index is 13.7. The number of nitrogens with one attached hydrogen (secondary N) is 1. The van der Waals surface area contributed by atoms with Crippen LogP contribution >= 0.6 is 0 Å². The summed E-state index contributed by atoms with van der Waals surface area (Å²) in [7, 11) is 1.78. The third-order valence-corrected chi connectivity index (χ3v) is 7.48. The fourth-order valence-electron chi connectivity index (χ4n) is 5.39. The third kappa shape index (κ3) is 5.74. The number of amides is 3. The average molecular weight is 515 g/mol. The van der Waals surface area contributed by atoms with E-state index in [1.165, 1.54) is 6.26 Å². The molecule has 2 heterocycles. The number of benzene rings is 2. The largest absolute Gasteiger partial charge is 0.459 e. The molecule has 2 fully saturated rings. The lowest BCUT2D eigenvalue weighted by Crippen LogP contribution is -2.50. The summed E-state index contributed by atoms with van der Waals surface area (Å²) in [5.74, 6) is 0.130.